The molecule has 1 N–H and O–H groups in total. The van der Waals surface area contributed by atoms with Crippen LogP contribution in [0.25, 0.3) is 0 Å². The number of carbonyl (C=O) groups excluding carboxylic acids is 1. The molecule has 1 amide bonds. The minimum atomic E-state index is -0.176. The van der Waals surface area contributed by atoms with E-state index in [2.05, 4.69) is 24.1 Å². The Morgan fingerprint density at radius 1 is 1.60 bits per heavy atom. The van der Waals surface area contributed by atoms with Gasteiger partial charge in [-0.3, -0.25) is 4.79 Å². The first-order valence-electron chi connectivity index (χ1n) is 4.85. The maximum atomic E-state index is 11.2. The van der Waals surface area contributed by atoms with Crippen LogP contribution in [0.2, 0.25) is 0 Å². The molecule has 1 aromatic rings. The van der Waals surface area contributed by atoms with Crippen LogP contribution in [-0.2, 0) is 11.2 Å². The second-order valence-electron chi connectivity index (χ2n) is 3.79. The van der Waals surface area contributed by atoms with E-state index >= 15 is 0 Å². The third kappa shape index (κ3) is 3.80. The van der Waals surface area contributed by atoms with Crippen molar-refractivity contribution in [2.24, 2.45) is 5.92 Å². The number of carbonyl (C=O) groups is 1. The zero-order valence-electron chi connectivity index (χ0n) is 9.13. The fourth-order valence-electron chi connectivity index (χ4n) is 1.25. The summed E-state index contributed by atoms with van der Waals surface area (Å²) in [6.45, 7) is 6.19. The van der Waals surface area contributed by atoms with Gasteiger partial charge in [-0.1, -0.05) is 13.8 Å². The summed E-state index contributed by atoms with van der Waals surface area (Å²) in [4.78, 5) is 15.6. The molecule has 0 aliphatic rings. The Morgan fingerprint density at radius 3 is 2.80 bits per heavy atom. The normalized spacial score (nSPS) is 10.7. The number of halogens is 1. The van der Waals surface area contributed by atoms with Crippen molar-refractivity contribution >= 4 is 33.8 Å². The molecule has 0 aliphatic heterocycles. The number of aryl methyl sites for hydroxylation is 1. The molecule has 0 unspecified atom stereocenters. The summed E-state index contributed by atoms with van der Waals surface area (Å²) in [7, 11) is 0. The molecule has 0 saturated carbocycles. The van der Waals surface area contributed by atoms with Gasteiger partial charge >= 0.3 is 0 Å². The third-order valence-corrected chi connectivity index (χ3v) is 2.95. The first kappa shape index (κ1) is 12.5. The molecule has 15 heavy (non-hydrogen) atoms. The average molecular weight is 247 g/mol. The number of hydrogen-bond donors (Lipinski definition) is 1. The molecule has 0 aliphatic carbocycles. The van der Waals surface area contributed by atoms with Crippen molar-refractivity contribution in [1.82, 2.24) is 4.98 Å². The number of nitrogens with zero attached hydrogens (tertiary/aromatic N) is 1. The van der Waals surface area contributed by atoms with Crippen molar-refractivity contribution in [3.05, 3.63) is 10.7 Å². The van der Waals surface area contributed by atoms with Crippen LogP contribution in [0, 0.1) is 12.8 Å². The fourth-order valence-corrected chi connectivity index (χ4v) is 2.18. The molecule has 5 heteroatoms. The van der Waals surface area contributed by atoms with E-state index < -0.39 is 0 Å². The number of nitrogens with one attached hydrogen (secondary N) is 1. The van der Waals surface area contributed by atoms with Gasteiger partial charge < -0.3 is 5.32 Å². The first-order valence-corrected chi connectivity index (χ1v) is 6.20. The van der Waals surface area contributed by atoms with Crippen LogP contribution in [0.5, 0.6) is 0 Å². The molecule has 0 fully saturated rings. The molecule has 0 atom stereocenters. The second kappa shape index (κ2) is 5.47. The second-order valence-corrected chi connectivity index (χ2v) is 5.26. The SMILES string of the molecule is Cc1nc(CC(C)C)c(NC(=O)CCl)s1. The molecule has 1 heterocycles. The highest BCUT2D eigenvalue weighted by molar-refractivity contribution is 7.16. The molecule has 0 saturated heterocycles. The Labute approximate surface area is 98.9 Å². The lowest BCUT2D eigenvalue weighted by molar-refractivity contribution is -0.113. The first-order chi connectivity index (χ1) is 7.02. The molecular weight excluding hydrogens is 232 g/mol. The van der Waals surface area contributed by atoms with Gasteiger partial charge in [-0.05, 0) is 19.3 Å². The number of rotatable bonds is 4. The number of thiazole rings is 1. The van der Waals surface area contributed by atoms with Gasteiger partial charge in [-0.25, -0.2) is 4.98 Å². The smallest absolute Gasteiger partial charge is 0.239 e. The van der Waals surface area contributed by atoms with Crippen LogP contribution < -0.4 is 5.32 Å². The summed E-state index contributed by atoms with van der Waals surface area (Å²) >= 11 is 6.94. The monoisotopic (exact) mass is 246 g/mol. The van der Waals surface area contributed by atoms with Crippen molar-refractivity contribution in [1.29, 1.82) is 0 Å². The van der Waals surface area contributed by atoms with Crippen molar-refractivity contribution in [3.63, 3.8) is 0 Å². The lowest BCUT2D eigenvalue weighted by Gasteiger charge is -2.05. The topological polar surface area (TPSA) is 42.0 Å². The van der Waals surface area contributed by atoms with Crippen LogP contribution in [0.15, 0.2) is 0 Å². The molecule has 0 aromatic carbocycles. The summed E-state index contributed by atoms with van der Waals surface area (Å²) < 4.78 is 0. The maximum absolute atomic E-state index is 11.2. The third-order valence-electron chi connectivity index (χ3n) is 1.78. The summed E-state index contributed by atoms with van der Waals surface area (Å²) in [5, 5.41) is 4.58. The largest absolute Gasteiger partial charge is 0.315 e. The number of hydrogen-bond acceptors (Lipinski definition) is 3. The Hall–Kier alpha value is -0.610. The van der Waals surface area contributed by atoms with Gasteiger partial charge in [0.2, 0.25) is 5.91 Å². The van der Waals surface area contributed by atoms with E-state index in [0.717, 1.165) is 22.1 Å². The van der Waals surface area contributed by atoms with Gasteiger partial charge in [0.05, 0.1) is 10.7 Å². The Morgan fingerprint density at radius 2 is 2.27 bits per heavy atom. The standard InChI is InChI=1S/C10H15ClN2OS/c1-6(2)4-8-10(13-9(14)5-11)15-7(3)12-8/h6H,4-5H2,1-3H3,(H,13,14). The molecule has 0 bridgehead atoms. The Balaban J connectivity index is 2.81. The van der Waals surface area contributed by atoms with E-state index in [-0.39, 0.29) is 11.8 Å². The number of anilines is 1. The van der Waals surface area contributed by atoms with Crippen LogP contribution >= 0.6 is 22.9 Å². The lowest BCUT2D eigenvalue weighted by atomic mass is 10.1. The van der Waals surface area contributed by atoms with Crippen LogP contribution in [0.1, 0.15) is 24.5 Å². The summed E-state index contributed by atoms with van der Waals surface area (Å²) in [6, 6.07) is 0. The molecular formula is C10H15ClN2OS. The molecule has 0 spiro atoms. The van der Waals surface area contributed by atoms with Gasteiger partial charge in [0.15, 0.2) is 0 Å². The van der Waals surface area contributed by atoms with Gasteiger partial charge in [0.1, 0.15) is 10.9 Å². The Bertz CT molecular complexity index is 349. The van der Waals surface area contributed by atoms with E-state index in [0.29, 0.717) is 5.92 Å². The highest BCUT2D eigenvalue weighted by Crippen LogP contribution is 2.26. The predicted octanol–water partition coefficient (Wildman–Crippen LogP) is 2.83. The fraction of sp³-hybridized carbons (Fsp3) is 0.600. The minimum Gasteiger partial charge on any atom is -0.315 e. The van der Waals surface area contributed by atoms with E-state index in [4.69, 9.17) is 11.6 Å². The summed E-state index contributed by atoms with van der Waals surface area (Å²) in [6.07, 6.45) is 0.877. The van der Waals surface area contributed by atoms with Gasteiger partial charge in [0, 0.05) is 0 Å². The highest BCUT2D eigenvalue weighted by atomic mass is 35.5. The van der Waals surface area contributed by atoms with Gasteiger partial charge in [-0.2, -0.15) is 0 Å². The van der Waals surface area contributed by atoms with Crippen LogP contribution in [-0.4, -0.2) is 16.8 Å². The minimum absolute atomic E-state index is 0.0158. The van der Waals surface area contributed by atoms with E-state index in [1.165, 1.54) is 11.3 Å². The van der Waals surface area contributed by atoms with Crippen LogP contribution in [0.3, 0.4) is 0 Å². The number of amides is 1. The van der Waals surface area contributed by atoms with Gasteiger partial charge in [0.25, 0.3) is 0 Å². The quantitative estimate of drug-likeness (QED) is 0.831. The lowest BCUT2D eigenvalue weighted by Crippen LogP contribution is -2.13. The van der Waals surface area contributed by atoms with E-state index in [9.17, 15) is 4.79 Å². The van der Waals surface area contributed by atoms with E-state index in [1.807, 2.05) is 6.92 Å². The summed E-state index contributed by atoms with van der Waals surface area (Å²) in [5.74, 6) is 0.335. The van der Waals surface area contributed by atoms with Crippen LogP contribution in [0.4, 0.5) is 5.00 Å². The zero-order valence-corrected chi connectivity index (χ0v) is 10.7. The number of aromatic nitrogens is 1. The molecule has 3 nitrogen and oxygen atoms in total. The maximum Gasteiger partial charge on any atom is 0.239 e. The molecule has 1 aromatic heterocycles. The van der Waals surface area contributed by atoms with Crippen molar-refractivity contribution in [2.75, 3.05) is 11.2 Å². The molecule has 1 rings (SSSR count). The Kier molecular flexibility index (Phi) is 4.54. The number of alkyl halides is 1. The molecule has 84 valence electrons. The molecule has 0 radical (unpaired) electrons. The van der Waals surface area contributed by atoms with E-state index in [1.54, 1.807) is 0 Å². The van der Waals surface area contributed by atoms with Crippen molar-refractivity contribution in [3.8, 4) is 0 Å². The van der Waals surface area contributed by atoms with Crippen molar-refractivity contribution < 1.29 is 4.79 Å². The summed E-state index contributed by atoms with van der Waals surface area (Å²) in [5.41, 5.74) is 0.964. The average Bonchev–Trinajstić information content (AvgIpc) is 2.45. The zero-order chi connectivity index (χ0) is 11.4. The highest BCUT2D eigenvalue weighted by Gasteiger charge is 2.12. The predicted molar refractivity (Wildman–Crippen MR) is 64.7 cm³/mol. The van der Waals surface area contributed by atoms with Crippen molar-refractivity contribution in [2.45, 2.75) is 27.2 Å². The van der Waals surface area contributed by atoms with Gasteiger partial charge in [-0.15, -0.1) is 22.9 Å².